The van der Waals surface area contributed by atoms with Gasteiger partial charge in [-0.1, -0.05) is 38.1 Å². The quantitative estimate of drug-likeness (QED) is 0.818. The van der Waals surface area contributed by atoms with Gasteiger partial charge in [0.1, 0.15) is 0 Å². The lowest BCUT2D eigenvalue weighted by atomic mass is 9.87. The number of aromatic nitrogens is 1. The van der Waals surface area contributed by atoms with Gasteiger partial charge in [-0.3, -0.25) is 4.79 Å². The van der Waals surface area contributed by atoms with Crippen LogP contribution in [0.4, 0.5) is 0 Å². The van der Waals surface area contributed by atoms with Crippen LogP contribution < -0.4 is 0 Å². The minimum absolute atomic E-state index is 0.0328. The topological polar surface area (TPSA) is 83.7 Å². The Bertz CT molecular complexity index is 860. The first kappa shape index (κ1) is 18.6. The van der Waals surface area contributed by atoms with Gasteiger partial charge in [-0.15, -0.1) is 0 Å². The van der Waals surface area contributed by atoms with E-state index in [0.717, 1.165) is 5.56 Å². The van der Waals surface area contributed by atoms with Crippen molar-refractivity contribution < 1.29 is 17.7 Å². The van der Waals surface area contributed by atoms with Gasteiger partial charge in [-0.05, 0) is 23.1 Å². The zero-order valence-corrected chi connectivity index (χ0v) is 16.0. The Hall–Kier alpha value is -2.19. The van der Waals surface area contributed by atoms with Crippen molar-refractivity contribution in [3.05, 3.63) is 47.9 Å². The summed E-state index contributed by atoms with van der Waals surface area (Å²) in [5, 5.41) is 3.53. The van der Waals surface area contributed by atoms with E-state index in [1.54, 1.807) is 17.0 Å². The van der Waals surface area contributed by atoms with Crippen molar-refractivity contribution in [2.75, 3.05) is 26.2 Å². The first-order valence-electron chi connectivity index (χ1n) is 8.50. The molecule has 0 unspecified atom stereocenters. The highest BCUT2D eigenvalue weighted by molar-refractivity contribution is 7.89. The van der Waals surface area contributed by atoms with Gasteiger partial charge in [0.05, 0.1) is 11.1 Å². The monoisotopic (exact) mass is 377 g/mol. The molecule has 0 N–H and O–H groups in total. The Morgan fingerprint density at radius 3 is 2.15 bits per heavy atom. The predicted molar refractivity (Wildman–Crippen MR) is 96.3 cm³/mol. The van der Waals surface area contributed by atoms with Crippen LogP contribution >= 0.6 is 0 Å². The molecule has 140 valence electrons. The Morgan fingerprint density at radius 1 is 1.04 bits per heavy atom. The van der Waals surface area contributed by atoms with Gasteiger partial charge in [0.15, 0.2) is 0 Å². The summed E-state index contributed by atoms with van der Waals surface area (Å²) in [4.78, 5) is 14.1. The molecule has 1 aliphatic heterocycles. The molecule has 1 fully saturated rings. The molecule has 0 atom stereocenters. The number of piperazine rings is 1. The molecule has 1 saturated heterocycles. The van der Waals surface area contributed by atoms with Crippen molar-refractivity contribution in [1.82, 2.24) is 14.4 Å². The summed E-state index contributed by atoms with van der Waals surface area (Å²) < 4.78 is 32.0. The SMILES string of the molecule is CC(C)(C)c1ccc(S(=O)(=O)N2CCN(C(=O)c3ccno3)CC2)cc1. The number of hydrogen-bond acceptors (Lipinski definition) is 5. The van der Waals surface area contributed by atoms with E-state index in [9.17, 15) is 13.2 Å². The van der Waals surface area contributed by atoms with Gasteiger partial charge in [0.2, 0.25) is 15.8 Å². The normalized spacial score (nSPS) is 16.7. The van der Waals surface area contributed by atoms with Crippen LogP contribution in [0.25, 0.3) is 0 Å². The van der Waals surface area contributed by atoms with E-state index in [0.29, 0.717) is 13.1 Å². The summed E-state index contributed by atoms with van der Waals surface area (Å²) in [6.07, 6.45) is 1.41. The first-order valence-corrected chi connectivity index (χ1v) is 9.94. The lowest BCUT2D eigenvalue weighted by molar-refractivity contribution is 0.0656. The van der Waals surface area contributed by atoms with Crippen LogP contribution in [0.1, 0.15) is 36.9 Å². The second-order valence-electron chi connectivity index (χ2n) is 7.35. The lowest BCUT2D eigenvalue weighted by Crippen LogP contribution is -2.50. The fraction of sp³-hybridized carbons (Fsp3) is 0.444. The summed E-state index contributed by atoms with van der Waals surface area (Å²) >= 11 is 0. The molecule has 3 rings (SSSR count). The third-order valence-electron chi connectivity index (χ3n) is 4.53. The van der Waals surface area contributed by atoms with Crippen molar-refractivity contribution in [2.45, 2.75) is 31.1 Å². The second-order valence-corrected chi connectivity index (χ2v) is 9.29. The number of benzene rings is 1. The summed E-state index contributed by atoms with van der Waals surface area (Å²) in [5.74, 6) is -0.104. The Balaban J connectivity index is 1.69. The molecule has 2 heterocycles. The zero-order valence-electron chi connectivity index (χ0n) is 15.2. The fourth-order valence-corrected chi connectivity index (χ4v) is 4.31. The Labute approximate surface area is 153 Å². The summed E-state index contributed by atoms with van der Waals surface area (Å²) in [6.45, 7) is 7.40. The molecular formula is C18H23N3O4S. The minimum atomic E-state index is -3.57. The average Bonchev–Trinajstić information content (AvgIpc) is 3.15. The molecule has 2 aromatic rings. The third kappa shape index (κ3) is 3.66. The van der Waals surface area contributed by atoms with Gasteiger partial charge < -0.3 is 9.42 Å². The van der Waals surface area contributed by atoms with Crippen LogP contribution in [0.3, 0.4) is 0 Å². The third-order valence-corrected chi connectivity index (χ3v) is 6.45. The highest BCUT2D eigenvalue weighted by atomic mass is 32.2. The van der Waals surface area contributed by atoms with E-state index < -0.39 is 10.0 Å². The molecule has 1 aromatic heterocycles. The van der Waals surface area contributed by atoms with Gasteiger partial charge in [0, 0.05) is 32.2 Å². The Kier molecular flexibility index (Phi) is 4.90. The largest absolute Gasteiger partial charge is 0.351 e. The highest BCUT2D eigenvalue weighted by Gasteiger charge is 2.31. The van der Waals surface area contributed by atoms with E-state index in [4.69, 9.17) is 4.52 Å². The molecular weight excluding hydrogens is 354 g/mol. The lowest BCUT2D eigenvalue weighted by Gasteiger charge is -2.33. The fourth-order valence-electron chi connectivity index (χ4n) is 2.89. The van der Waals surface area contributed by atoms with Crippen LogP contribution in [0, 0.1) is 0 Å². The predicted octanol–water partition coefficient (Wildman–Crippen LogP) is 2.12. The van der Waals surface area contributed by atoms with Gasteiger partial charge in [-0.25, -0.2) is 8.42 Å². The molecule has 1 aliphatic rings. The number of nitrogens with zero attached hydrogens (tertiary/aromatic N) is 3. The summed E-state index contributed by atoms with van der Waals surface area (Å²) in [7, 11) is -3.57. The second kappa shape index (κ2) is 6.85. The van der Waals surface area contributed by atoms with Crippen LogP contribution in [-0.2, 0) is 15.4 Å². The van der Waals surface area contributed by atoms with Crippen molar-refractivity contribution in [2.24, 2.45) is 0 Å². The average molecular weight is 377 g/mol. The maximum Gasteiger partial charge on any atom is 0.292 e. The number of sulfonamides is 1. The van der Waals surface area contributed by atoms with Gasteiger partial charge in [-0.2, -0.15) is 4.31 Å². The van der Waals surface area contributed by atoms with Gasteiger partial charge >= 0.3 is 0 Å². The smallest absolute Gasteiger partial charge is 0.292 e. The number of carbonyl (C=O) groups excluding carboxylic acids is 1. The molecule has 1 aromatic carbocycles. The number of rotatable bonds is 3. The minimum Gasteiger partial charge on any atom is -0.351 e. The van der Waals surface area contributed by atoms with Crippen molar-refractivity contribution in [1.29, 1.82) is 0 Å². The Morgan fingerprint density at radius 2 is 1.65 bits per heavy atom. The maximum atomic E-state index is 12.8. The molecule has 0 spiro atoms. The van der Waals surface area contributed by atoms with Crippen molar-refractivity contribution in [3.8, 4) is 0 Å². The standard InChI is InChI=1S/C18H23N3O4S/c1-18(2,3)14-4-6-15(7-5-14)26(23,24)21-12-10-20(11-13-21)17(22)16-8-9-19-25-16/h4-9H,10-13H2,1-3H3. The number of amides is 1. The maximum absolute atomic E-state index is 12.8. The molecule has 0 bridgehead atoms. The molecule has 8 heteroatoms. The van der Waals surface area contributed by atoms with Gasteiger partial charge in [0.25, 0.3) is 5.91 Å². The molecule has 7 nitrogen and oxygen atoms in total. The van der Waals surface area contributed by atoms with E-state index in [2.05, 4.69) is 25.9 Å². The molecule has 0 saturated carbocycles. The number of hydrogen-bond donors (Lipinski definition) is 0. The van der Waals surface area contributed by atoms with Crippen LogP contribution in [0.2, 0.25) is 0 Å². The zero-order chi connectivity index (χ0) is 18.9. The van der Waals surface area contributed by atoms with E-state index in [-0.39, 0.29) is 35.1 Å². The van der Waals surface area contributed by atoms with Crippen molar-refractivity contribution in [3.63, 3.8) is 0 Å². The van der Waals surface area contributed by atoms with Crippen LogP contribution in [-0.4, -0.2) is 54.9 Å². The van der Waals surface area contributed by atoms with Crippen LogP contribution in [0.15, 0.2) is 45.9 Å². The highest BCUT2D eigenvalue weighted by Crippen LogP contribution is 2.25. The van der Waals surface area contributed by atoms with E-state index in [1.165, 1.54) is 16.6 Å². The summed E-state index contributed by atoms with van der Waals surface area (Å²) in [5.41, 5.74) is 1.05. The first-order chi connectivity index (χ1) is 12.2. The summed E-state index contributed by atoms with van der Waals surface area (Å²) in [6, 6.07) is 8.53. The molecule has 26 heavy (non-hydrogen) atoms. The molecule has 1 amide bonds. The molecule has 0 aliphatic carbocycles. The van der Waals surface area contributed by atoms with E-state index in [1.807, 2.05) is 12.1 Å². The molecule has 0 radical (unpaired) electrons. The number of carbonyl (C=O) groups is 1. The van der Waals surface area contributed by atoms with Crippen molar-refractivity contribution >= 4 is 15.9 Å². The van der Waals surface area contributed by atoms with Crippen LogP contribution in [0.5, 0.6) is 0 Å². The van der Waals surface area contributed by atoms with E-state index >= 15 is 0 Å².